The van der Waals surface area contributed by atoms with Crippen molar-refractivity contribution >= 4 is 19.9 Å². The maximum atomic E-state index is 11.1. The third-order valence-corrected chi connectivity index (χ3v) is 3.66. The van der Waals surface area contributed by atoms with Gasteiger partial charge in [0, 0.05) is 12.5 Å². The molecule has 0 fully saturated rings. The Balaban J connectivity index is 3.54. The highest BCUT2D eigenvalue weighted by Gasteiger charge is 2.17. The third kappa shape index (κ3) is 2.10. The van der Waals surface area contributed by atoms with Crippen molar-refractivity contribution in [1.29, 1.82) is 0 Å². The Morgan fingerprint density at radius 1 is 1.15 bits per heavy atom. The van der Waals surface area contributed by atoms with Crippen LogP contribution in [0.3, 0.4) is 0 Å². The molecule has 1 aromatic heterocycles. The molecule has 0 saturated heterocycles. The fourth-order valence-electron chi connectivity index (χ4n) is 0.911. The summed E-state index contributed by atoms with van der Waals surface area (Å²) >= 11 is 0. The van der Waals surface area contributed by atoms with Gasteiger partial charge < -0.3 is 0 Å². The highest BCUT2D eigenvalue weighted by atomic mass is 32.2. The summed E-state index contributed by atoms with van der Waals surface area (Å²) in [6, 6.07) is 2.62. The molecule has 1 rings (SSSR count). The quantitative estimate of drug-likeness (QED) is 0.690. The van der Waals surface area contributed by atoms with Crippen molar-refractivity contribution in [3.63, 3.8) is 0 Å². The van der Waals surface area contributed by atoms with Crippen molar-refractivity contribution < 1.29 is 16.8 Å². The van der Waals surface area contributed by atoms with E-state index >= 15 is 0 Å². The summed E-state index contributed by atoms with van der Waals surface area (Å²) in [6.45, 7) is 0. The summed E-state index contributed by atoms with van der Waals surface area (Å²) in [5.41, 5.74) is 0. The number of nitrogens with zero attached hydrogens (tertiary/aromatic N) is 1. The molecule has 7 heteroatoms. The lowest BCUT2D eigenvalue weighted by atomic mass is 10.7. The van der Waals surface area contributed by atoms with Gasteiger partial charge in [-0.05, 0) is 12.1 Å². The minimum absolute atomic E-state index is 0.213. The minimum atomic E-state index is -3.54. The Kier molecular flexibility index (Phi) is 2.25. The molecule has 0 spiro atoms. The number of sulfone groups is 1. The van der Waals surface area contributed by atoms with Crippen LogP contribution in [0.15, 0.2) is 23.4 Å². The van der Waals surface area contributed by atoms with Gasteiger partial charge in [0.1, 0.15) is 5.03 Å². The highest BCUT2D eigenvalue weighted by Crippen LogP contribution is 2.11. The predicted octanol–water partition coefficient (Wildman–Crippen LogP) is -0.301. The van der Waals surface area contributed by atoms with E-state index in [1.54, 1.807) is 0 Å². The van der Waals surface area contributed by atoms with Crippen molar-refractivity contribution in [1.82, 2.24) is 3.97 Å². The Labute approximate surface area is 77.0 Å². The highest BCUT2D eigenvalue weighted by molar-refractivity contribution is 7.92. The zero-order chi connectivity index (χ0) is 10.3. The first-order chi connectivity index (χ1) is 5.73. The Bertz CT molecular complexity index is 462. The molecule has 0 atom stereocenters. The van der Waals surface area contributed by atoms with E-state index in [0.717, 1.165) is 16.5 Å². The zero-order valence-corrected chi connectivity index (χ0v) is 8.76. The maximum Gasteiger partial charge on any atom is 0.236 e. The van der Waals surface area contributed by atoms with Gasteiger partial charge in [0.25, 0.3) is 0 Å². The maximum absolute atomic E-state index is 11.1. The van der Waals surface area contributed by atoms with E-state index in [1.807, 2.05) is 0 Å². The van der Waals surface area contributed by atoms with E-state index in [2.05, 4.69) is 0 Å². The molecule has 74 valence electrons. The van der Waals surface area contributed by atoms with Crippen LogP contribution >= 0.6 is 0 Å². The standard InChI is InChI=1S/C6H9NO4S2/c1-12(8,9)6-4-3-5-7(6)13(2,10)11/h3-5H,1-2H3. The predicted molar refractivity (Wildman–Crippen MR) is 47.8 cm³/mol. The number of rotatable bonds is 2. The van der Waals surface area contributed by atoms with E-state index in [9.17, 15) is 16.8 Å². The monoisotopic (exact) mass is 223 g/mol. The molecule has 0 amide bonds. The zero-order valence-electron chi connectivity index (χ0n) is 7.13. The first-order valence-corrected chi connectivity index (χ1v) is 7.05. The average molecular weight is 223 g/mol. The van der Waals surface area contributed by atoms with E-state index in [-0.39, 0.29) is 5.03 Å². The summed E-state index contributed by atoms with van der Waals surface area (Å²) in [7, 11) is -7.03. The summed E-state index contributed by atoms with van der Waals surface area (Å²) in [5.74, 6) is 0. The van der Waals surface area contributed by atoms with Crippen LogP contribution in [-0.4, -0.2) is 33.3 Å². The Hall–Kier alpha value is -0.820. The van der Waals surface area contributed by atoms with Gasteiger partial charge in [-0.15, -0.1) is 0 Å². The van der Waals surface area contributed by atoms with Crippen LogP contribution in [0.25, 0.3) is 0 Å². The fourth-order valence-corrected chi connectivity index (χ4v) is 3.12. The number of hydrogen-bond donors (Lipinski definition) is 0. The number of aromatic nitrogens is 1. The minimum Gasteiger partial charge on any atom is -0.235 e. The fraction of sp³-hybridized carbons (Fsp3) is 0.333. The van der Waals surface area contributed by atoms with Gasteiger partial charge in [-0.1, -0.05) is 0 Å². The molecule has 0 aliphatic carbocycles. The Morgan fingerprint density at radius 2 is 1.69 bits per heavy atom. The van der Waals surface area contributed by atoms with E-state index < -0.39 is 19.9 Å². The lowest BCUT2D eigenvalue weighted by Gasteiger charge is -2.03. The summed E-state index contributed by atoms with van der Waals surface area (Å²) in [6.07, 6.45) is 3.11. The Morgan fingerprint density at radius 3 is 2.00 bits per heavy atom. The second kappa shape index (κ2) is 2.85. The molecule has 0 aliphatic heterocycles. The topological polar surface area (TPSA) is 73.2 Å². The first-order valence-electron chi connectivity index (χ1n) is 3.31. The van der Waals surface area contributed by atoms with Gasteiger partial charge in [-0.2, -0.15) is 0 Å². The van der Waals surface area contributed by atoms with Crippen molar-refractivity contribution in [2.75, 3.05) is 12.5 Å². The SMILES string of the molecule is CS(=O)(=O)c1cccn1S(C)(=O)=O. The van der Waals surface area contributed by atoms with Crippen LogP contribution in [0.5, 0.6) is 0 Å². The molecular formula is C6H9NO4S2. The van der Waals surface area contributed by atoms with Crippen LogP contribution in [0.1, 0.15) is 0 Å². The molecular weight excluding hydrogens is 214 g/mol. The lowest BCUT2D eigenvalue weighted by molar-refractivity contribution is 0.578. The first kappa shape index (κ1) is 10.3. The lowest BCUT2D eigenvalue weighted by Crippen LogP contribution is -2.14. The summed E-state index contributed by atoms with van der Waals surface area (Å²) in [4.78, 5) is 0. The van der Waals surface area contributed by atoms with Gasteiger partial charge in [0.05, 0.1) is 6.26 Å². The second-order valence-electron chi connectivity index (χ2n) is 2.68. The van der Waals surface area contributed by atoms with Crippen LogP contribution < -0.4 is 0 Å². The number of hydrogen-bond acceptors (Lipinski definition) is 4. The summed E-state index contributed by atoms with van der Waals surface area (Å²) in [5, 5.41) is -0.213. The van der Waals surface area contributed by atoms with Gasteiger partial charge in [0.2, 0.25) is 10.0 Å². The van der Waals surface area contributed by atoms with Crippen LogP contribution in [0.4, 0.5) is 0 Å². The normalized spacial score (nSPS) is 13.1. The van der Waals surface area contributed by atoms with Gasteiger partial charge in [0.15, 0.2) is 9.84 Å². The molecule has 0 bridgehead atoms. The molecule has 1 aromatic rings. The molecule has 0 N–H and O–H groups in total. The van der Waals surface area contributed by atoms with Gasteiger partial charge in [-0.3, -0.25) is 0 Å². The molecule has 0 aliphatic rings. The average Bonchev–Trinajstić information content (AvgIpc) is 2.27. The largest absolute Gasteiger partial charge is 0.236 e. The van der Waals surface area contributed by atoms with Gasteiger partial charge in [-0.25, -0.2) is 20.8 Å². The molecule has 0 unspecified atom stereocenters. The smallest absolute Gasteiger partial charge is 0.235 e. The van der Waals surface area contributed by atoms with Crippen molar-refractivity contribution in [3.8, 4) is 0 Å². The van der Waals surface area contributed by atoms with Crippen molar-refractivity contribution in [3.05, 3.63) is 18.3 Å². The van der Waals surface area contributed by atoms with Crippen LogP contribution in [0, 0.1) is 0 Å². The third-order valence-electron chi connectivity index (χ3n) is 1.41. The van der Waals surface area contributed by atoms with Gasteiger partial charge >= 0.3 is 0 Å². The van der Waals surface area contributed by atoms with E-state index in [0.29, 0.717) is 0 Å². The van der Waals surface area contributed by atoms with Crippen molar-refractivity contribution in [2.45, 2.75) is 5.03 Å². The molecule has 13 heavy (non-hydrogen) atoms. The molecule has 0 saturated carbocycles. The summed E-state index contributed by atoms with van der Waals surface area (Å²) < 4.78 is 45.0. The second-order valence-corrected chi connectivity index (χ2v) is 6.50. The molecule has 5 nitrogen and oxygen atoms in total. The van der Waals surface area contributed by atoms with E-state index in [1.165, 1.54) is 18.3 Å². The van der Waals surface area contributed by atoms with Crippen molar-refractivity contribution in [2.24, 2.45) is 0 Å². The molecule has 0 radical (unpaired) electrons. The van der Waals surface area contributed by atoms with Crippen LogP contribution in [-0.2, 0) is 19.9 Å². The molecule has 0 aromatic carbocycles. The van der Waals surface area contributed by atoms with E-state index in [4.69, 9.17) is 0 Å². The van der Waals surface area contributed by atoms with Crippen LogP contribution in [0.2, 0.25) is 0 Å². The molecule has 1 heterocycles.